The third kappa shape index (κ3) is 3.81. The van der Waals surface area contributed by atoms with Crippen molar-refractivity contribution in [3.63, 3.8) is 0 Å². The van der Waals surface area contributed by atoms with Crippen LogP contribution in [0.4, 0.5) is 0 Å². The van der Waals surface area contributed by atoms with Crippen molar-refractivity contribution in [3.8, 4) is 0 Å². The van der Waals surface area contributed by atoms with Gasteiger partial charge in [0.25, 0.3) is 0 Å². The minimum Gasteiger partial charge on any atom is -0.396 e. The second-order valence-electron chi connectivity index (χ2n) is 3.49. The maximum atomic E-state index is 11.5. The molecule has 0 radical (unpaired) electrons. The number of benzene rings is 1. The van der Waals surface area contributed by atoms with E-state index < -0.39 is 0 Å². The van der Waals surface area contributed by atoms with E-state index in [0.29, 0.717) is 18.5 Å². The summed E-state index contributed by atoms with van der Waals surface area (Å²) in [5.74, 6) is 0.0891. The molecule has 0 aliphatic carbocycles. The summed E-state index contributed by atoms with van der Waals surface area (Å²) in [6.45, 7) is 0.596. The number of carbonyl (C=O) groups excluding carboxylic acids is 1. The van der Waals surface area contributed by atoms with Gasteiger partial charge in [0.15, 0.2) is 5.78 Å². The Bertz CT molecular complexity index is 306. The maximum absolute atomic E-state index is 11.5. The zero-order valence-corrected chi connectivity index (χ0v) is 8.78. The molecule has 82 valence electrons. The largest absolute Gasteiger partial charge is 0.396 e. The second kappa shape index (κ2) is 6.32. The monoisotopic (exact) mass is 207 g/mol. The average Bonchev–Trinajstić information content (AvgIpc) is 2.27. The fraction of sp³-hybridized carbons (Fsp3) is 0.417. The van der Waals surface area contributed by atoms with Crippen LogP contribution in [0.1, 0.15) is 28.8 Å². The minimum atomic E-state index is 0.0891. The first-order chi connectivity index (χ1) is 7.27. The molecule has 0 aliphatic heterocycles. The van der Waals surface area contributed by atoms with Crippen molar-refractivity contribution in [1.82, 2.24) is 0 Å². The maximum Gasteiger partial charge on any atom is 0.164 e. The number of hydrogen-bond donors (Lipinski definition) is 2. The van der Waals surface area contributed by atoms with Crippen LogP contribution < -0.4 is 5.73 Å². The lowest BCUT2D eigenvalue weighted by Crippen LogP contribution is -2.08. The van der Waals surface area contributed by atoms with Crippen molar-refractivity contribution in [3.05, 3.63) is 35.4 Å². The zero-order valence-electron chi connectivity index (χ0n) is 8.78. The molecule has 0 unspecified atom stereocenters. The molecule has 0 bridgehead atoms. The first-order valence-electron chi connectivity index (χ1n) is 5.21. The third-order valence-corrected chi connectivity index (χ3v) is 2.27. The van der Waals surface area contributed by atoms with Gasteiger partial charge in [0, 0.05) is 18.6 Å². The van der Waals surface area contributed by atoms with Crippen LogP contribution in [0.25, 0.3) is 0 Å². The Labute approximate surface area is 89.9 Å². The molecule has 3 nitrogen and oxygen atoms in total. The summed E-state index contributed by atoms with van der Waals surface area (Å²) in [7, 11) is 0. The predicted octanol–water partition coefficient (Wildman–Crippen LogP) is 1.14. The van der Waals surface area contributed by atoms with E-state index in [1.54, 1.807) is 0 Å². The highest BCUT2D eigenvalue weighted by molar-refractivity contribution is 5.96. The van der Waals surface area contributed by atoms with Gasteiger partial charge in [-0.25, -0.2) is 0 Å². The number of aliphatic hydroxyl groups is 1. The van der Waals surface area contributed by atoms with Crippen LogP contribution in [0.3, 0.4) is 0 Å². The quantitative estimate of drug-likeness (QED) is 0.688. The SMILES string of the molecule is NCCC(=O)c1ccc(CCCO)cc1. The molecule has 0 heterocycles. The van der Waals surface area contributed by atoms with E-state index in [-0.39, 0.29) is 12.4 Å². The molecule has 0 aliphatic rings. The molecule has 0 saturated heterocycles. The van der Waals surface area contributed by atoms with Gasteiger partial charge in [0.2, 0.25) is 0 Å². The number of ketones is 1. The van der Waals surface area contributed by atoms with Crippen LogP contribution in [0.15, 0.2) is 24.3 Å². The third-order valence-electron chi connectivity index (χ3n) is 2.27. The average molecular weight is 207 g/mol. The summed E-state index contributed by atoms with van der Waals surface area (Å²) in [6.07, 6.45) is 2.01. The van der Waals surface area contributed by atoms with Crippen LogP contribution in [0.2, 0.25) is 0 Å². The number of hydrogen-bond acceptors (Lipinski definition) is 3. The molecule has 0 fully saturated rings. The van der Waals surface area contributed by atoms with Gasteiger partial charge in [0.1, 0.15) is 0 Å². The van der Waals surface area contributed by atoms with Gasteiger partial charge in [-0.05, 0) is 24.9 Å². The van der Waals surface area contributed by atoms with Crippen molar-refractivity contribution in [2.45, 2.75) is 19.3 Å². The summed E-state index contributed by atoms with van der Waals surface area (Å²) in [5, 5.41) is 8.67. The lowest BCUT2D eigenvalue weighted by molar-refractivity contribution is 0.0985. The number of Topliss-reactive ketones (excluding diaryl/α,β-unsaturated/α-hetero) is 1. The number of nitrogens with two attached hydrogens (primary N) is 1. The molecule has 1 aromatic carbocycles. The zero-order chi connectivity index (χ0) is 11.1. The van der Waals surface area contributed by atoms with Crippen LogP contribution in [0.5, 0.6) is 0 Å². The molecule has 1 aromatic rings. The van der Waals surface area contributed by atoms with E-state index in [9.17, 15) is 4.79 Å². The van der Waals surface area contributed by atoms with E-state index in [0.717, 1.165) is 18.4 Å². The highest BCUT2D eigenvalue weighted by Crippen LogP contribution is 2.08. The molecule has 3 heteroatoms. The Morgan fingerprint density at radius 2 is 1.93 bits per heavy atom. The summed E-state index contributed by atoms with van der Waals surface area (Å²) < 4.78 is 0. The molecule has 15 heavy (non-hydrogen) atoms. The molecule has 0 spiro atoms. The number of rotatable bonds is 6. The normalized spacial score (nSPS) is 10.3. The molecule has 1 rings (SSSR count). The Morgan fingerprint density at radius 3 is 2.47 bits per heavy atom. The van der Waals surface area contributed by atoms with Gasteiger partial charge >= 0.3 is 0 Å². The summed E-state index contributed by atoms with van der Waals surface area (Å²) in [5.41, 5.74) is 7.18. The Kier molecular flexibility index (Phi) is 5.01. The van der Waals surface area contributed by atoms with Gasteiger partial charge in [0.05, 0.1) is 0 Å². The van der Waals surface area contributed by atoms with Crippen molar-refractivity contribution >= 4 is 5.78 Å². The van der Waals surface area contributed by atoms with Gasteiger partial charge in [-0.2, -0.15) is 0 Å². The molecule has 0 amide bonds. The van der Waals surface area contributed by atoms with E-state index in [2.05, 4.69) is 0 Å². The van der Waals surface area contributed by atoms with Crippen LogP contribution >= 0.6 is 0 Å². The van der Waals surface area contributed by atoms with E-state index >= 15 is 0 Å². The van der Waals surface area contributed by atoms with Gasteiger partial charge in [-0.1, -0.05) is 24.3 Å². The molecular weight excluding hydrogens is 190 g/mol. The Balaban J connectivity index is 2.59. The van der Waals surface area contributed by atoms with Crippen molar-refractivity contribution in [2.75, 3.05) is 13.2 Å². The lowest BCUT2D eigenvalue weighted by atomic mass is 10.0. The molecule has 0 aromatic heterocycles. The molecule has 0 atom stereocenters. The first kappa shape index (κ1) is 11.9. The summed E-state index contributed by atoms with van der Waals surface area (Å²) in [6, 6.07) is 7.51. The molecule has 3 N–H and O–H groups in total. The highest BCUT2D eigenvalue weighted by Gasteiger charge is 2.03. The second-order valence-corrected chi connectivity index (χ2v) is 3.49. The summed E-state index contributed by atoms with van der Waals surface area (Å²) >= 11 is 0. The van der Waals surface area contributed by atoms with E-state index in [1.807, 2.05) is 24.3 Å². The molecule has 0 saturated carbocycles. The highest BCUT2D eigenvalue weighted by atomic mass is 16.2. The number of aryl methyl sites for hydroxylation is 1. The van der Waals surface area contributed by atoms with Crippen molar-refractivity contribution in [1.29, 1.82) is 0 Å². The van der Waals surface area contributed by atoms with Crippen molar-refractivity contribution < 1.29 is 9.90 Å². The smallest absolute Gasteiger partial charge is 0.164 e. The fourth-order valence-corrected chi connectivity index (χ4v) is 1.42. The van der Waals surface area contributed by atoms with Gasteiger partial charge in [-0.15, -0.1) is 0 Å². The van der Waals surface area contributed by atoms with Crippen LogP contribution in [0, 0.1) is 0 Å². The predicted molar refractivity (Wildman–Crippen MR) is 59.9 cm³/mol. The molecular formula is C12H17NO2. The van der Waals surface area contributed by atoms with Gasteiger partial charge < -0.3 is 10.8 Å². The van der Waals surface area contributed by atoms with Crippen LogP contribution in [-0.2, 0) is 6.42 Å². The van der Waals surface area contributed by atoms with Crippen LogP contribution in [-0.4, -0.2) is 24.0 Å². The lowest BCUT2D eigenvalue weighted by Gasteiger charge is -2.02. The topological polar surface area (TPSA) is 63.3 Å². The number of carbonyl (C=O) groups is 1. The Hall–Kier alpha value is -1.19. The minimum absolute atomic E-state index is 0.0891. The summed E-state index contributed by atoms with van der Waals surface area (Å²) in [4.78, 5) is 11.5. The van der Waals surface area contributed by atoms with E-state index in [4.69, 9.17) is 10.8 Å². The fourth-order valence-electron chi connectivity index (χ4n) is 1.42. The van der Waals surface area contributed by atoms with Crippen molar-refractivity contribution in [2.24, 2.45) is 5.73 Å². The van der Waals surface area contributed by atoms with E-state index in [1.165, 1.54) is 0 Å². The first-order valence-corrected chi connectivity index (χ1v) is 5.21. The Morgan fingerprint density at radius 1 is 1.27 bits per heavy atom. The van der Waals surface area contributed by atoms with Gasteiger partial charge in [-0.3, -0.25) is 4.79 Å². The standard InChI is InChI=1S/C12H17NO2/c13-8-7-12(15)11-5-3-10(4-6-11)2-1-9-14/h3-6,14H,1-2,7-9,13H2. The number of aliphatic hydroxyl groups excluding tert-OH is 1.